The maximum absolute atomic E-state index is 12.5. The summed E-state index contributed by atoms with van der Waals surface area (Å²) < 4.78 is 2.28. The van der Waals surface area contributed by atoms with E-state index in [0.717, 1.165) is 57.1 Å². The number of aromatic nitrogens is 2. The van der Waals surface area contributed by atoms with Crippen molar-refractivity contribution in [3.8, 4) is 11.4 Å². The second-order valence-corrected chi connectivity index (χ2v) is 8.28. The molecule has 0 radical (unpaired) electrons. The van der Waals surface area contributed by atoms with Crippen LogP contribution >= 0.6 is 0 Å². The fraction of sp³-hybridized carbons (Fsp3) is 0.565. The lowest BCUT2D eigenvalue weighted by Gasteiger charge is -2.32. The van der Waals surface area contributed by atoms with E-state index in [1.807, 2.05) is 12.3 Å². The largest absolute Gasteiger partial charge is 0.343 e. The van der Waals surface area contributed by atoms with Crippen LogP contribution in [0.1, 0.15) is 51.4 Å². The topological polar surface area (TPSA) is 38.1 Å². The number of carbonyl (C=O) groups is 1. The van der Waals surface area contributed by atoms with Crippen LogP contribution in [0.5, 0.6) is 0 Å². The van der Waals surface area contributed by atoms with Gasteiger partial charge in [-0.15, -0.1) is 0 Å². The molecule has 2 aromatic rings. The number of amides is 1. The smallest absolute Gasteiger partial charge is 0.222 e. The summed E-state index contributed by atoms with van der Waals surface area (Å²) >= 11 is 0. The van der Waals surface area contributed by atoms with Crippen molar-refractivity contribution in [3.63, 3.8) is 0 Å². The Hall–Kier alpha value is -2.10. The van der Waals surface area contributed by atoms with Gasteiger partial charge in [0.15, 0.2) is 0 Å². The molecular weight excluding hydrogens is 334 g/mol. The van der Waals surface area contributed by atoms with Gasteiger partial charge in [0.05, 0.1) is 0 Å². The van der Waals surface area contributed by atoms with E-state index in [4.69, 9.17) is 0 Å². The highest BCUT2D eigenvalue weighted by Crippen LogP contribution is 2.29. The number of carbonyl (C=O) groups excluding carboxylic acids is 1. The lowest BCUT2D eigenvalue weighted by Crippen LogP contribution is -2.39. The Bertz CT molecular complexity index is 725. The fourth-order valence-electron chi connectivity index (χ4n) is 4.73. The van der Waals surface area contributed by atoms with Gasteiger partial charge >= 0.3 is 0 Å². The van der Waals surface area contributed by atoms with Gasteiger partial charge in [-0.25, -0.2) is 4.98 Å². The van der Waals surface area contributed by atoms with Crippen LogP contribution < -0.4 is 0 Å². The number of piperidine rings is 1. The van der Waals surface area contributed by atoms with Crippen LogP contribution in [-0.2, 0) is 11.3 Å². The molecule has 2 heterocycles. The van der Waals surface area contributed by atoms with Crippen molar-refractivity contribution in [3.05, 3.63) is 42.7 Å². The first-order valence-corrected chi connectivity index (χ1v) is 10.6. The number of nitrogens with zero attached hydrogens (tertiary/aromatic N) is 3. The standard InChI is InChI=1S/C23H31N3O/c27-22(11-10-19-6-4-5-7-19)25-15-12-20(13-16-25)18-26-17-14-24-23(26)21-8-2-1-3-9-21/h1-3,8-9,14,17,19-20H,4-7,10-13,15-16,18H2. The van der Waals surface area contributed by atoms with Crippen molar-refractivity contribution in [2.75, 3.05) is 13.1 Å². The van der Waals surface area contributed by atoms with Gasteiger partial charge in [-0.1, -0.05) is 56.0 Å². The van der Waals surface area contributed by atoms with Crippen LogP contribution in [0.4, 0.5) is 0 Å². The predicted molar refractivity (Wildman–Crippen MR) is 108 cm³/mol. The van der Waals surface area contributed by atoms with Crippen molar-refractivity contribution in [2.45, 2.75) is 57.9 Å². The number of likely N-dealkylation sites (tertiary alicyclic amines) is 1. The van der Waals surface area contributed by atoms with Gasteiger partial charge in [0, 0.05) is 44.0 Å². The molecule has 0 N–H and O–H groups in total. The Morgan fingerprint density at radius 1 is 1.00 bits per heavy atom. The Morgan fingerprint density at radius 3 is 2.48 bits per heavy atom. The molecule has 0 atom stereocenters. The van der Waals surface area contributed by atoms with E-state index in [-0.39, 0.29) is 0 Å². The highest BCUT2D eigenvalue weighted by molar-refractivity contribution is 5.76. The van der Waals surface area contributed by atoms with Gasteiger partial charge in [-0.3, -0.25) is 4.79 Å². The van der Waals surface area contributed by atoms with Crippen LogP contribution in [0.3, 0.4) is 0 Å². The monoisotopic (exact) mass is 365 g/mol. The van der Waals surface area contributed by atoms with Crippen LogP contribution in [-0.4, -0.2) is 33.4 Å². The van der Waals surface area contributed by atoms with E-state index >= 15 is 0 Å². The maximum Gasteiger partial charge on any atom is 0.222 e. The number of rotatable bonds is 6. The molecule has 1 aliphatic carbocycles. The molecular formula is C23H31N3O. The van der Waals surface area contributed by atoms with E-state index < -0.39 is 0 Å². The third kappa shape index (κ3) is 4.60. The summed E-state index contributed by atoms with van der Waals surface area (Å²) in [7, 11) is 0. The number of hydrogen-bond donors (Lipinski definition) is 0. The van der Waals surface area contributed by atoms with Gasteiger partial charge in [0.1, 0.15) is 5.82 Å². The van der Waals surface area contributed by atoms with Crippen molar-refractivity contribution < 1.29 is 4.79 Å². The second kappa shape index (κ2) is 8.73. The third-order valence-corrected chi connectivity index (χ3v) is 6.41. The molecule has 27 heavy (non-hydrogen) atoms. The van der Waals surface area contributed by atoms with Crippen molar-refractivity contribution in [1.82, 2.24) is 14.5 Å². The van der Waals surface area contributed by atoms with Gasteiger partial charge in [0.2, 0.25) is 5.91 Å². The zero-order chi connectivity index (χ0) is 18.5. The lowest BCUT2D eigenvalue weighted by atomic mass is 9.95. The van der Waals surface area contributed by atoms with E-state index in [2.05, 4.69) is 44.9 Å². The molecule has 1 aromatic heterocycles. The van der Waals surface area contributed by atoms with Crippen LogP contribution in [0, 0.1) is 11.8 Å². The third-order valence-electron chi connectivity index (χ3n) is 6.41. The summed E-state index contributed by atoms with van der Waals surface area (Å²) in [4.78, 5) is 19.2. The molecule has 0 unspecified atom stereocenters. The molecule has 4 nitrogen and oxygen atoms in total. The Morgan fingerprint density at radius 2 is 1.74 bits per heavy atom. The zero-order valence-corrected chi connectivity index (χ0v) is 16.2. The maximum atomic E-state index is 12.5. The van der Waals surface area contributed by atoms with E-state index in [1.54, 1.807) is 0 Å². The highest BCUT2D eigenvalue weighted by atomic mass is 16.2. The molecule has 0 spiro atoms. The summed E-state index contributed by atoms with van der Waals surface area (Å²) in [5.74, 6) is 2.86. The number of benzene rings is 1. The van der Waals surface area contributed by atoms with Crippen molar-refractivity contribution >= 4 is 5.91 Å². The normalized spacial score (nSPS) is 18.9. The number of imidazole rings is 1. The van der Waals surface area contributed by atoms with E-state index in [9.17, 15) is 4.79 Å². The minimum Gasteiger partial charge on any atom is -0.343 e. The average molecular weight is 366 g/mol. The minimum absolute atomic E-state index is 0.382. The lowest BCUT2D eigenvalue weighted by molar-refractivity contribution is -0.133. The Kier molecular flexibility index (Phi) is 5.90. The van der Waals surface area contributed by atoms with Crippen LogP contribution in [0.2, 0.25) is 0 Å². The molecule has 4 heteroatoms. The summed E-state index contributed by atoms with van der Waals surface area (Å²) in [6.07, 6.45) is 13.4. The molecule has 2 fully saturated rings. The summed E-state index contributed by atoms with van der Waals surface area (Å²) in [5, 5.41) is 0. The first kappa shape index (κ1) is 18.3. The molecule has 1 aliphatic heterocycles. The first-order chi connectivity index (χ1) is 13.3. The molecule has 144 valence electrons. The van der Waals surface area contributed by atoms with Gasteiger partial charge in [0.25, 0.3) is 0 Å². The first-order valence-electron chi connectivity index (χ1n) is 10.6. The second-order valence-electron chi connectivity index (χ2n) is 8.28. The number of hydrogen-bond acceptors (Lipinski definition) is 2. The van der Waals surface area contributed by atoms with Crippen LogP contribution in [0.15, 0.2) is 42.7 Å². The molecule has 1 saturated heterocycles. The highest BCUT2D eigenvalue weighted by Gasteiger charge is 2.24. The molecule has 1 saturated carbocycles. The average Bonchev–Trinajstić information content (AvgIpc) is 3.39. The quantitative estimate of drug-likeness (QED) is 0.740. The van der Waals surface area contributed by atoms with Crippen LogP contribution in [0.25, 0.3) is 11.4 Å². The van der Waals surface area contributed by atoms with Gasteiger partial charge < -0.3 is 9.47 Å². The summed E-state index contributed by atoms with van der Waals surface area (Å²) in [6, 6.07) is 10.4. The SMILES string of the molecule is O=C(CCC1CCCC1)N1CCC(Cn2ccnc2-c2ccccc2)CC1. The minimum atomic E-state index is 0.382. The van der Waals surface area contributed by atoms with Gasteiger partial charge in [-0.2, -0.15) is 0 Å². The summed E-state index contributed by atoms with van der Waals surface area (Å²) in [6.45, 7) is 2.83. The van der Waals surface area contributed by atoms with Gasteiger partial charge in [-0.05, 0) is 31.1 Å². The van der Waals surface area contributed by atoms with E-state index in [0.29, 0.717) is 11.8 Å². The van der Waals surface area contributed by atoms with Crippen molar-refractivity contribution in [1.29, 1.82) is 0 Å². The predicted octanol–water partition coefficient (Wildman–Crippen LogP) is 4.76. The molecule has 4 rings (SSSR count). The summed E-state index contributed by atoms with van der Waals surface area (Å²) in [5.41, 5.74) is 1.17. The molecule has 0 bridgehead atoms. The molecule has 1 amide bonds. The Labute approximate surface area is 162 Å². The van der Waals surface area contributed by atoms with E-state index in [1.165, 1.54) is 31.2 Å². The molecule has 2 aliphatic rings. The zero-order valence-electron chi connectivity index (χ0n) is 16.2. The Balaban J connectivity index is 1.26. The fourth-order valence-corrected chi connectivity index (χ4v) is 4.73. The van der Waals surface area contributed by atoms with Crippen molar-refractivity contribution in [2.24, 2.45) is 11.8 Å². The molecule has 1 aromatic carbocycles.